The second-order valence-electron chi connectivity index (χ2n) is 6.52. The molecule has 25 heavy (non-hydrogen) atoms. The fourth-order valence-electron chi connectivity index (χ4n) is 3.15. The van der Waals surface area contributed by atoms with Gasteiger partial charge in [-0.3, -0.25) is 9.69 Å². The summed E-state index contributed by atoms with van der Waals surface area (Å²) in [6.45, 7) is 7.87. The van der Waals surface area contributed by atoms with E-state index in [1.54, 1.807) is 0 Å². The Hall–Kier alpha value is -2.47. The van der Waals surface area contributed by atoms with E-state index >= 15 is 0 Å². The molecule has 1 aromatic carbocycles. The van der Waals surface area contributed by atoms with Gasteiger partial charge in [0.1, 0.15) is 5.82 Å². The molecule has 2 heterocycles. The Labute approximate surface area is 148 Å². The third-order valence-electron chi connectivity index (χ3n) is 4.38. The van der Waals surface area contributed by atoms with Gasteiger partial charge in [0.15, 0.2) is 5.82 Å². The van der Waals surface area contributed by atoms with Crippen molar-refractivity contribution in [2.75, 3.05) is 19.6 Å². The molecule has 0 atom stereocenters. The molecule has 1 aliphatic rings. The van der Waals surface area contributed by atoms with Crippen LogP contribution in [0.25, 0.3) is 6.08 Å². The maximum absolute atomic E-state index is 11.1. The van der Waals surface area contributed by atoms with Crippen molar-refractivity contribution in [3.8, 4) is 0 Å². The SMILES string of the molecule is CC(=O)NCc1nnc2n1CCN(C/C(C)=C/c1ccccc1)CC2. The van der Waals surface area contributed by atoms with Crippen LogP contribution in [0.2, 0.25) is 0 Å². The van der Waals surface area contributed by atoms with E-state index < -0.39 is 0 Å². The molecule has 0 radical (unpaired) electrons. The molecular weight excluding hydrogens is 314 g/mol. The van der Waals surface area contributed by atoms with Gasteiger partial charge in [-0.05, 0) is 12.5 Å². The molecule has 0 spiro atoms. The number of rotatable bonds is 5. The molecule has 1 aliphatic heterocycles. The minimum atomic E-state index is -0.0470. The van der Waals surface area contributed by atoms with Crippen molar-refractivity contribution < 1.29 is 4.79 Å². The summed E-state index contributed by atoms with van der Waals surface area (Å²) in [5.41, 5.74) is 2.59. The van der Waals surface area contributed by atoms with Gasteiger partial charge in [-0.2, -0.15) is 0 Å². The third kappa shape index (κ3) is 4.76. The second kappa shape index (κ2) is 8.07. The van der Waals surface area contributed by atoms with E-state index in [4.69, 9.17) is 0 Å². The number of nitrogens with one attached hydrogen (secondary N) is 1. The van der Waals surface area contributed by atoms with E-state index in [1.165, 1.54) is 18.1 Å². The van der Waals surface area contributed by atoms with Crippen LogP contribution in [0.5, 0.6) is 0 Å². The molecule has 0 saturated heterocycles. The first-order valence-corrected chi connectivity index (χ1v) is 8.72. The maximum atomic E-state index is 11.1. The Kier molecular flexibility index (Phi) is 5.60. The van der Waals surface area contributed by atoms with Crippen LogP contribution in [-0.4, -0.2) is 45.2 Å². The highest BCUT2D eigenvalue weighted by molar-refractivity contribution is 5.72. The molecule has 6 nitrogen and oxygen atoms in total. The third-order valence-corrected chi connectivity index (χ3v) is 4.38. The van der Waals surface area contributed by atoms with Gasteiger partial charge < -0.3 is 9.88 Å². The zero-order valence-corrected chi connectivity index (χ0v) is 14.9. The molecule has 3 rings (SSSR count). The van der Waals surface area contributed by atoms with Crippen molar-refractivity contribution in [3.05, 3.63) is 53.1 Å². The number of amides is 1. The number of fused-ring (bicyclic) bond motifs is 1. The normalized spacial score (nSPS) is 15.5. The molecule has 1 aromatic heterocycles. The van der Waals surface area contributed by atoms with Gasteiger partial charge in [-0.25, -0.2) is 0 Å². The first-order valence-electron chi connectivity index (χ1n) is 8.72. The molecule has 0 fully saturated rings. The summed E-state index contributed by atoms with van der Waals surface area (Å²) in [6, 6.07) is 10.4. The van der Waals surface area contributed by atoms with Crippen molar-refractivity contribution in [1.29, 1.82) is 0 Å². The highest BCUT2D eigenvalue weighted by atomic mass is 16.1. The van der Waals surface area contributed by atoms with Crippen LogP contribution in [0.3, 0.4) is 0 Å². The molecule has 0 aliphatic carbocycles. The van der Waals surface area contributed by atoms with Crippen molar-refractivity contribution in [2.45, 2.75) is 33.4 Å². The maximum Gasteiger partial charge on any atom is 0.217 e. The average Bonchev–Trinajstić information content (AvgIpc) is 2.87. The molecule has 132 valence electrons. The number of nitrogens with zero attached hydrogens (tertiary/aromatic N) is 4. The smallest absolute Gasteiger partial charge is 0.217 e. The standard InChI is InChI=1S/C19H25N5O/c1-15(12-17-6-4-3-5-7-17)14-23-9-8-18-21-22-19(13-20-16(2)25)24(18)11-10-23/h3-7,12H,8-11,13-14H2,1-2H3,(H,20,25)/b15-12+. The van der Waals surface area contributed by atoms with Crippen LogP contribution >= 0.6 is 0 Å². The van der Waals surface area contributed by atoms with E-state index in [9.17, 15) is 4.79 Å². The van der Waals surface area contributed by atoms with Gasteiger partial charge in [-0.15, -0.1) is 10.2 Å². The van der Waals surface area contributed by atoms with E-state index in [0.717, 1.165) is 44.2 Å². The average molecular weight is 339 g/mol. The lowest BCUT2D eigenvalue weighted by Gasteiger charge is -2.20. The zero-order valence-electron chi connectivity index (χ0n) is 14.9. The second-order valence-corrected chi connectivity index (χ2v) is 6.52. The van der Waals surface area contributed by atoms with E-state index in [2.05, 4.69) is 62.2 Å². The number of carbonyl (C=O) groups excluding carboxylic acids is 1. The number of carbonyl (C=O) groups is 1. The fourth-order valence-corrected chi connectivity index (χ4v) is 3.15. The predicted octanol–water partition coefficient (Wildman–Crippen LogP) is 1.88. The lowest BCUT2D eigenvalue weighted by Crippen LogP contribution is -2.29. The Bertz CT molecular complexity index is 750. The van der Waals surface area contributed by atoms with Crippen LogP contribution in [0, 0.1) is 0 Å². The van der Waals surface area contributed by atoms with Gasteiger partial charge in [-0.1, -0.05) is 42.0 Å². The summed E-state index contributed by atoms with van der Waals surface area (Å²) in [4.78, 5) is 13.6. The Morgan fingerprint density at radius 2 is 1.96 bits per heavy atom. The van der Waals surface area contributed by atoms with Crippen molar-refractivity contribution in [1.82, 2.24) is 25.0 Å². The summed E-state index contributed by atoms with van der Waals surface area (Å²) in [7, 11) is 0. The van der Waals surface area contributed by atoms with Gasteiger partial charge in [0, 0.05) is 39.5 Å². The summed E-state index contributed by atoms with van der Waals surface area (Å²) in [6.07, 6.45) is 3.12. The van der Waals surface area contributed by atoms with Gasteiger partial charge >= 0.3 is 0 Å². The Balaban J connectivity index is 1.60. The van der Waals surface area contributed by atoms with Crippen LogP contribution in [-0.2, 0) is 24.3 Å². The molecule has 6 heteroatoms. The largest absolute Gasteiger partial charge is 0.349 e. The number of hydrogen-bond acceptors (Lipinski definition) is 4. The van der Waals surface area contributed by atoms with Crippen LogP contribution < -0.4 is 5.32 Å². The molecule has 0 saturated carbocycles. The number of aromatic nitrogens is 3. The molecule has 1 N–H and O–H groups in total. The topological polar surface area (TPSA) is 63.1 Å². The van der Waals surface area contributed by atoms with Crippen molar-refractivity contribution in [2.24, 2.45) is 0 Å². The highest BCUT2D eigenvalue weighted by Gasteiger charge is 2.18. The predicted molar refractivity (Wildman–Crippen MR) is 97.8 cm³/mol. The zero-order chi connectivity index (χ0) is 17.6. The van der Waals surface area contributed by atoms with E-state index in [1.807, 2.05) is 6.07 Å². The first-order chi connectivity index (χ1) is 12.1. The van der Waals surface area contributed by atoms with Gasteiger partial charge in [0.05, 0.1) is 6.54 Å². The molecule has 0 bridgehead atoms. The van der Waals surface area contributed by atoms with Crippen LogP contribution in [0.15, 0.2) is 35.9 Å². The number of hydrogen-bond donors (Lipinski definition) is 1. The molecule has 1 amide bonds. The van der Waals surface area contributed by atoms with E-state index in [-0.39, 0.29) is 5.91 Å². The van der Waals surface area contributed by atoms with Crippen molar-refractivity contribution in [3.63, 3.8) is 0 Å². The molecular formula is C19H25N5O. The lowest BCUT2D eigenvalue weighted by molar-refractivity contribution is -0.119. The molecule has 2 aromatic rings. The highest BCUT2D eigenvalue weighted by Crippen LogP contribution is 2.12. The van der Waals surface area contributed by atoms with Gasteiger partial charge in [0.2, 0.25) is 5.91 Å². The summed E-state index contributed by atoms with van der Waals surface area (Å²) in [5, 5.41) is 11.3. The quantitative estimate of drug-likeness (QED) is 0.903. The minimum absolute atomic E-state index is 0.0470. The lowest BCUT2D eigenvalue weighted by atomic mass is 10.1. The fraction of sp³-hybridized carbons (Fsp3) is 0.421. The van der Waals surface area contributed by atoms with Gasteiger partial charge in [0.25, 0.3) is 0 Å². The monoisotopic (exact) mass is 339 g/mol. The van der Waals surface area contributed by atoms with Crippen molar-refractivity contribution >= 4 is 12.0 Å². The summed E-state index contributed by atoms with van der Waals surface area (Å²) >= 11 is 0. The summed E-state index contributed by atoms with van der Waals surface area (Å²) < 4.78 is 2.15. The Morgan fingerprint density at radius 3 is 2.72 bits per heavy atom. The van der Waals surface area contributed by atoms with Crippen LogP contribution in [0.1, 0.15) is 31.1 Å². The number of benzene rings is 1. The minimum Gasteiger partial charge on any atom is -0.349 e. The Morgan fingerprint density at radius 1 is 1.16 bits per heavy atom. The first kappa shape index (κ1) is 17.4. The molecule has 0 unspecified atom stereocenters. The van der Waals surface area contributed by atoms with E-state index in [0.29, 0.717) is 6.54 Å². The summed E-state index contributed by atoms with van der Waals surface area (Å²) in [5.74, 6) is 1.80. The van der Waals surface area contributed by atoms with Crippen LogP contribution in [0.4, 0.5) is 0 Å².